The molecule has 1 heterocycles. The first-order chi connectivity index (χ1) is 5.97. The molecule has 1 saturated heterocycles. The second kappa shape index (κ2) is 4.91. The van der Waals surface area contributed by atoms with Crippen LogP contribution in [-0.2, 0) is 9.53 Å². The van der Waals surface area contributed by atoms with Crippen molar-refractivity contribution in [3.63, 3.8) is 0 Å². The Hall–Kier alpha value is -0.380. The van der Waals surface area contributed by atoms with E-state index in [0.717, 1.165) is 13.2 Å². The Morgan fingerprint density at radius 2 is 2.21 bits per heavy atom. The van der Waals surface area contributed by atoms with Gasteiger partial charge >= 0.3 is 0 Å². The average Bonchev–Trinajstić information content (AvgIpc) is 2.84. The van der Waals surface area contributed by atoms with Crippen molar-refractivity contribution in [2.24, 2.45) is 0 Å². The molecule has 3 nitrogen and oxygen atoms in total. The van der Waals surface area contributed by atoms with E-state index < -0.39 is 0 Å². The number of hydrogen-bond acceptors (Lipinski definition) is 2. The second-order valence-corrected chi connectivity index (χ2v) is 4.20. The van der Waals surface area contributed by atoms with Crippen LogP contribution in [-0.4, -0.2) is 49.7 Å². The number of ether oxygens (including phenoxy) is 1. The molecule has 4 heteroatoms. The predicted molar refractivity (Wildman–Crippen MR) is 51.4 cm³/mol. The van der Waals surface area contributed by atoms with Gasteiger partial charge in [0.2, 0.25) is 5.78 Å². The number of halogens is 1. The fraction of sp³-hybridized carbons (Fsp3) is 0.700. The Morgan fingerprint density at radius 3 is 2.57 bits per heavy atom. The fourth-order valence-corrected chi connectivity index (χ4v) is 1.37. The zero-order valence-electron chi connectivity index (χ0n) is 9.00. The molecule has 0 aromatic heterocycles. The van der Waals surface area contributed by atoms with Crippen LogP contribution in [0.3, 0.4) is 0 Å². The lowest BCUT2D eigenvalue weighted by atomic mass is 10.1. The summed E-state index contributed by atoms with van der Waals surface area (Å²) in [7, 11) is 4.10. The van der Waals surface area contributed by atoms with E-state index >= 15 is 0 Å². The number of hydrogen-bond donors (Lipinski definition) is 0. The summed E-state index contributed by atoms with van der Waals surface area (Å²) in [5, 5.41) is 0. The van der Waals surface area contributed by atoms with Crippen LogP contribution >= 0.6 is 0 Å². The summed E-state index contributed by atoms with van der Waals surface area (Å²) in [4.78, 5) is 11.4. The summed E-state index contributed by atoms with van der Waals surface area (Å²) in [5.41, 5.74) is 0. The lowest BCUT2D eigenvalue weighted by molar-refractivity contribution is -0.904. The third kappa shape index (κ3) is 3.40. The van der Waals surface area contributed by atoms with Gasteiger partial charge in [0.1, 0.15) is 18.7 Å². The number of carbonyl (C=O) groups is 1. The monoisotopic (exact) mass is 219 g/mol. The summed E-state index contributed by atoms with van der Waals surface area (Å²) >= 11 is 0. The second-order valence-electron chi connectivity index (χ2n) is 4.20. The fourth-order valence-electron chi connectivity index (χ4n) is 1.37. The Labute approximate surface area is 91.7 Å². The quantitative estimate of drug-likeness (QED) is 0.294. The molecule has 1 rings (SSSR count). The summed E-state index contributed by atoms with van der Waals surface area (Å²) in [6.07, 6.45) is 1.76. The van der Waals surface area contributed by atoms with Crippen molar-refractivity contribution in [1.82, 2.24) is 0 Å². The molecule has 1 fully saturated rings. The smallest absolute Gasteiger partial charge is 0.211 e. The summed E-state index contributed by atoms with van der Waals surface area (Å²) < 4.78 is 5.83. The molecule has 0 aromatic rings. The van der Waals surface area contributed by atoms with E-state index in [9.17, 15) is 4.79 Å². The maximum Gasteiger partial charge on any atom is 0.211 e. The molecule has 82 valence electrons. The first-order valence-electron chi connectivity index (χ1n) is 4.58. The van der Waals surface area contributed by atoms with Crippen molar-refractivity contribution in [2.75, 3.05) is 27.2 Å². The zero-order chi connectivity index (χ0) is 10.1. The van der Waals surface area contributed by atoms with Gasteiger partial charge < -0.3 is 21.6 Å². The lowest BCUT2D eigenvalue weighted by Gasteiger charge is -2.34. The van der Waals surface area contributed by atoms with Crippen LogP contribution in [0.5, 0.6) is 0 Å². The van der Waals surface area contributed by atoms with Gasteiger partial charge in [-0.05, 0) is 13.0 Å². The van der Waals surface area contributed by atoms with Gasteiger partial charge in [0, 0.05) is 0 Å². The minimum Gasteiger partial charge on any atom is -1.00 e. The minimum absolute atomic E-state index is 0. The largest absolute Gasteiger partial charge is 1.00 e. The third-order valence-corrected chi connectivity index (χ3v) is 2.74. The molecule has 2 atom stereocenters. The first kappa shape index (κ1) is 13.6. The Balaban J connectivity index is 0.00000169. The highest BCUT2D eigenvalue weighted by atomic mass is 35.5. The summed E-state index contributed by atoms with van der Waals surface area (Å²) in [5.74, 6) is 0.102. The Morgan fingerprint density at radius 1 is 1.71 bits per heavy atom. The molecule has 1 aliphatic heterocycles. The van der Waals surface area contributed by atoms with Gasteiger partial charge in [0.25, 0.3) is 0 Å². The van der Waals surface area contributed by atoms with Crippen LogP contribution < -0.4 is 12.4 Å². The zero-order valence-corrected chi connectivity index (χ0v) is 9.75. The standard InChI is InChI=1S/C10H18NO2.ClH/c1-5-10(12)8(2)11(3,4)6-9-7-13-9;/h5,8-9H,1,6-7H2,2-4H3;1H/q+1;/p-1. The topological polar surface area (TPSA) is 29.6 Å². The van der Waals surface area contributed by atoms with E-state index in [2.05, 4.69) is 6.58 Å². The molecule has 14 heavy (non-hydrogen) atoms. The van der Waals surface area contributed by atoms with Crippen LogP contribution in [0.25, 0.3) is 0 Å². The molecule has 0 radical (unpaired) electrons. The number of rotatable bonds is 5. The minimum atomic E-state index is -0.0262. The van der Waals surface area contributed by atoms with E-state index in [1.54, 1.807) is 0 Å². The summed E-state index contributed by atoms with van der Waals surface area (Å²) in [6.45, 7) is 7.18. The normalized spacial score (nSPS) is 22.1. The van der Waals surface area contributed by atoms with E-state index in [4.69, 9.17) is 4.74 Å². The van der Waals surface area contributed by atoms with Crippen LogP contribution in [0.1, 0.15) is 6.92 Å². The van der Waals surface area contributed by atoms with Crippen LogP contribution in [0.4, 0.5) is 0 Å². The number of quaternary nitrogens is 1. The van der Waals surface area contributed by atoms with Crippen molar-refractivity contribution in [2.45, 2.75) is 19.1 Å². The van der Waals surface area contributed by atoms with Gasteiger partial charge in [-0.1, -0.05) is 6.58 Å². The van der Waals surface area contributed by atoms with Crippen LogP contribution in [0.2, 0.25) is 0 Å². The number of ketones is 1. The Bertz CT molecular complexity index is 224. The molecule has 1 aliphatic rings. The molecule has 0 bridgehead atoms. The van der Waals surface area contributed by atoms with Crippen molar-refractivity contribution >= 4 is 5.78 Å². The van der Waals surface area contributed by atoms with Crippen LogP contribution in [0.15, 0.2) is 12.7 Å². The predicted octanol–water partition coefficient (Wildman–Crippen LogP) is -2.39. The van der Waals surface area contributed by atoms with Crippen molar-refractivity contribution in [3.8, 4) is 0 Å². The van der Waals surface area contributed by atoms with Crippen molar-refractivity contribution < 1.29 is 26.4 Å². The number of likely N-dealkylation sites (N-methyl/N-ethyl adjacent to an activating group) is 1. The van der Waals surface area contributed by atoms with Gasteiger partial charge in [0.05, 0.1) is 20.7 Å². The first-order valence-corrected chi connectivity index (χ1v) is 4.58. The number of carbonyl (C=O) groups excluding carboxylic acids is 1. The highest BCUT2D eigenvalue weighted by Gasteiger charge is 2.36. The molecule has 2 unspecified atom stereocenters. The SMILES string of the molecule is C=CC(=O)C(C)[N+](C)(C)CC1CO1.[Cl-]. The molecule has 0 aliphatic carbocycles. The molecule has 0 spiro atoms. The average molecular weight is 220 g/mol. The van der Waals surface area contributed by atoms with Gasteiger partial charge in [-0.3, -0.25) is 4.79 Å². The molecule has 0 N–H and O–H groups in total. The van der Waals surface area contributed by atoms with E-state index in [0.29, 0.717) is 10.6 Å². The van der Waals surface area contributed by atoms with E-state index in [1.807, 2.05) is 21.0 Å². The van der Waals surface area contributed by atoms with Gasteiger partial charge in [-0.2, -0.15) is 0 Å². The molecular weight excluding hydrogens is 202 g/mol. The lowest BCUT2D eigenvalue weighted by Crippen LogP contribution is -3.00. The summed E-state index contributed by atoms with van der Waals surface area (Å²) in [6, 6.07) is -0.0262. The highest BCUT2D eigenvalue weighted by molar-refractivity contribution is 5.92. The van der Waals surface area contributed by atoms with Gasteiger partial charge in [-0.15, -0.1) is 0 Å². The Kier molecular flexibility index (Phi) is 4.78. The number of nitrogens with zero attached hydrogens (tertiary/aromatic N) is 1. The van der Waals surface area contributed by atoms with E-state index in [-0.39, 0.29) is 24.2 Å². The maximum absolute atomic E-state index is 11.4. The van der Waals surface area contributed by atoms with Crippen molar-refractivity contribution in [3.05, 3.63) is 12.7 Å². The van der Waals surface area contributed by atoms with Gasteiger partial charge in [0.15, 0.2) is 0 Å². The maximum atomic E-state index is 11.4. The van der Waals surface area contributed by atoms with Gasteiger partial charge in [-0.25, -0.2) is 0 Å². The van der Waals surface area contributed by atoms with Crippen LogP contribution in [0, 0.1) is 0 Å². The molecule has 0 aromatic carbocycles. The number of epoxide rings is 1. The third-order valence-electron chi connectivity index (χ3n) is 2.74. The van der Waals surface area contributed by atoms with E-state index in [1.165, 1.54) is 6.08 Å². The highest BCUT2D eigenvalue weighted by Crippen LogP contribution is 2.17. The van der Waals surface area contributed by atoms with Crippen molar-refractivity contribution in [1.29, 1.82) is 0 Å². The molecule has 0 amide bonds. The molecule has 0 saturated carbocycles. The molecular formula is C10H18ClNO2.